The number of halogens is 4. The monoisotopic (exact) mass is 591 g/mol. The fraction of sp³-hybridized carbons (Fsp3) is 0.630. The molecule has 0 aromatic heterocycles. The summed E-state index contributed by atoms with van der Waals surface area (Å²) >= 11 is 0.560. The number of allylic oxidation sites excluding steroid dienone is 2. The minimum absolute atomic E-state index is 0.0423. The van der Waals surface area contributed by atoms with E-state index in [4.69, 9.17) is 0 Å². The molecule has 4 atom stereocenters. The third kappa shape index (κ3) is 6.07. The van der Waals surface area contributed by atoms with Crippen LogP contribution < -0.4 is 0 Å². The number of imide groups is 1. The van der Waals surface area contributed by atoms with E-state index in [0.717, 1.165) is 25.7 Å². The molecule has 1 heterocycles. The van der Waals surface area contributed by atoms with E-state index in [1.807, 2.05) is 0 Å². The highest BCUT2D eigenvalue weighted by molar-refractivity contribution is 7.99. The zero-order valence-electron chi connectivity index (χ0n) is 21.8. The molecule has 1 saturated carbocycles. The van der Waals surface area contributed by atoms with E-state index in [0.29, 0.717) is 24.6 Å². The molecule has 2 aliphatic carbocycles. The molecule has 0 spiro atoms. The molecule has 216 valence electrons. The number of amides is 2. The first kappa shape index (κ1) is 30.0. The van der Waals surface area contributed by atoms with E-state index in [1.54, 1.807) is 12.2 Å². The van der Waals surface area contributed by atoms with Gasteiger partial charge in [0.2, 0.25) is 0 Å². The van der Waals surface area contributed by atoms with Crippen LogP contribution in [-0.2, 0) is 24.0 Å². The van der Waals surface area contributed by atoms with Gasteiger partial charge in [0.15, 0.2) is 28.2 Å². The first-order chi connectivity index (χ1) is 18.6. The number of nitrogens with zero attached hydrogens (tertiary/aromatic N) is 1. The quantitative estimate of drug-likeness (QED) is 0.0565. The average Bonchev–Trinajstić information content (AvgIpc) is 3.58. The van der Waals surface area contributed by atoms with Crippen LogP contribution in [0.1, 0.15) is 77.6 Å². The summed E-state index contributed by atoms with van der Waals surface area (Å²) in [5.74, 6) is -12.0. The Labute approximate surface area is 230 Å². The van der Waals surface area contributed by atoms with Crippen molar-refractivity contribution < 1.29 is 39.9 Å². The molecule has 1 aromatic carbocycles. The Morgan fingerprint density at radius 2 is 1.26 bits per heavy atom. The van der Waals surface area contributed by atoms with Gasteiger partial charge in [0, 0.05) is 0 Å². The molecule has 2 bridgehead atoms. The summed E-state index contributed by atoms with van der Waals surface area (Å²) in [5, 5.41) is -0.0423. The molecule has 1 aliphatic heterocycles. The first-order valence-corrected chi connectivity index (χ1v) is 16.0. The molecule has 0 radical (unpaired) electrons. The van der Waals surface area contributed by atoms with E-state index in [2.05, 4.69) is 11.2 Å². The SMILES string of the molecule is CCCCCCCCCCCCSc1c(F)c(F)c(S(=O)(=O)ON2C(=O)C3C4C=CC(C4)C3C2=O)c(F)c1F. The van der Waals surface area contributed by atoms with Gasteiger partial charge in [-0.3, -0.25) is 9.59 Å². The Kier molecular flexibility index (Phi) is 9.80. The maximum atomic E-state index is 14.8. The third-order valence-corrected chi connectivity index (χ3v) is 10.1. The third-order valence-electron chi connectivity index (χ3n) is 7.78. The van der Waals surface area contributed by atoms with Crippen LogP contribution in [0.5, 0.6) is 0 Å². The second-order valence-electron chi connectivity index (χ2n) is 10.4. The van der Waals surface area contributed by atoms with E-state index in [1.165, 1.54) is 32.1 Å². The van der Waals surface area contributed by atoms with Crippen LogP contribution in [0.4, 0.5) is 17.6 Å². The molecule has 4 rings (SSSR count). The van der Waals surface area contributed by atoms with Gasteiger partial charge < -0.3 is 0 Å². The van der Waals surface area contributed by atoms with Crippen LogP contribution in [-0.4, -0.2) is 31.0 Å². The van der Waals surface area contributed by atoms with Gasteiger partial charge in [0.1, 0.15) is 0 Å². The van der Waals surface area contributed by atoms with Crippen LogP contribution in [0.2, 0.25) is 0 Å². The molecule has 1 saturated heterocycles. The number of carbonyl (C=O) groups excluding carboxylic acids is 2. The molecule has 2 fully saturated rings. The average molecular weight is 592 g/mol. The summed E-state index contributed by atoms with van der Waals surface area (Å²) in [4.78, 5) is 22.4. The fourth-order valence-electron chi connectivity index (χ4n) is 5.79. The Morgan fingerprint density at radius 1 is 0.795 bits per heavy atom. The zero-order chi connectivity index (χ0) is 28.3. The van der Waals surface area contributed by atoms with Crippen molar-refractivity contribution in [1.29, 1.82) is 0 Å². The summed E-state index contributed by atoms with van der Waals surface area (Å²) in [6, 6.07) is 0. The van der Waals surface area contributed by atoms with Crippen LogP contribution in [0.25, 0.3) is 0 Å². The molecule has 12 heteroatoms. The van der Waals surface area contributed by atoms with Crippen LogP contribution in [0.15, 0.2) is 21.9 Å². The maximum Gasteiger partial charge on any atom is 0.324 e. The first-order valence-electron chi connectivity index (χ1n) is 13.6. The van der Waals surface area contributed by atoms with Crippen molar-refractivity contribution in [2.24, 2.45) is 23.7 Å². The Hall–Kier alpha value is -1.92. The molecule has 0 N–H and O–H groups in total. The zero-order valence-corrected chi connectivity index (χ0v) is 23.4. The van der Waals surface area contributed by atoms with Crippen LogP contribution in [0.3, 0.4) is 0 Å². The lowest BCUT2D eigenvalue weighted by Gasteiger charge is -2.17. The van der Waals surface area contributed by atoms with E-state index < -0.39 is 66.8 Å². The molecule has 1 aromatic rings. The molecular formula is C27H33F4NO5S2. The van der Waals surface area contributed by atoms with Crippen molar-refractivity contribution in [3.8, 4) is 0 Å². The second-order valence-corrected chi connectivity index (χ2v) is 13.0. The summed E-state index contributed by atoms with van der Waals surface area (Å²) in [6.07, 6.45) is 14.5. The Balaban J connectivity index is 1.35. The molecule has 39 heavy (non-hydrogen) atoms. The predicted octanol–water partition coefficient (Wildman–Crippen LogP) is 6.68. The van der Waals surface area contributed by atoms with Crippen molar-refractivity contribution in [2.75, 3.05) is 5.75 Å². The number of carbonyl (C=O) groups is 2. The lowest BCUT2D eigenvalue weighted by atomic mass is 9.85. The molecule has 6 nitrogen and oxygen atoms in total. The lowest BCUT2D eigenvalue weighted by Crippen LogP contribution is -2.36. The maximum absolute atomic E-state index is 14.8. The lowest BCUT2D eigenvalue weighted by molar-refractivity contribution is -0.166. The molecule has 4 unspecified atom stereocenters. The summed E-state index contributed by atoms with van der Waals surface area (Å²) in [5.41, 5.74) is 0. The molecule has 3 aliphatic rings. The highest BCUT2D eigenvalue weighted by Gasteiger charge is 2.61. The van der Waals surface area contributed by atoms with Crippen LogP contribution >= 0.6 is 11.8 Å². The number of hydrogen-bond acceptors (Lipinski definition) is 6. The minimum Gasteiger partial charge on any atom is -0.272 e. The second kappa shape index (κ2) is 12.7. The predicted molar refractivity (Wildman–Crippen MR) is 137 cm³/mol. The molecular weight excluding hydrogens is 558 g/mol. The van der Waals surface area contributed by atoms with Crippen molar-refractivity contribution in [3.63, 3.8) is 0 Å². The van der Waals surface area contributed by atoms with Gasteiger partial charge in [-0.25, -0.2) is 17.6 Å². The minimum atomic E-state index is -5.60. The Morgan fingerprint density at radius 3 is 1.74 bits per heavy atom. The number of hydroxylamine groups is 2. The fourth-order valence-corrected chi connectivity index (χ4v) is 7.81. The summed E-state index contributed by atoms with van der Waals surface area (Å²) in [6.45, 7) is 2.16. The van der Waals surface area contributed by atoms with Crippen LogP contribution in [0, 0.1) is 46.9 Å². The summed E-state index contributed by atoms with van der Waals surface area (Å²) < 4.78 is 89.0. The standard InChI is InChI=1S/C27H33F4NO5S2/c1-2-3-4-5-6-7-8-9-10-11-14-38-24-20(28)22(30)25(23(31)21(24)29)39(35,36)37-32-26(33)18-16-12-13-17(15-16)19(18)27(32)34/h12-13,16-19H,2-11,14-15H2,1H3. The van der Waals surface area contributed by atoms with Crippen molar-refractivity contribution in [3.05, 3.63) is 35.4 Å². The van der Waals surface area contributed by atoms with Gasteiger partial charge in [0.25, 0.3) is 11.8 Å². The number of rotatable bonds is 15. The van der Waals surface area contributed by atoms with Gasteiger partial charge in [-0.1, -0.05) is 76.9 Å². The highest BCUT2D eigenvalue weighted by Crippen LogP contribution is 2.52. The van der Waals surface area contributed by atoms with Gasteiger partial charge in [-0.05, 0) is 30.4 Å². The van der Waals surface area contributed by atoms with Gasteiger partial charge in [0.05, 0.1) is 16.7 Å². The number of fused-ring (bicyclic) bond motifs is 5. The Bertz CT molecular complexity index is 1180. The smallest absolute Gasteiger partial charge is 0.272 e. The summed E-state index contributed by atoms with van der Waals surface area (Å²) in [7, 11) is -5.60. The van der Waals surface area contributed by atoms with E-state index >= 15 is 0 Å². The van der Waals surface area contributed by atoms with Crippen molar-refractivity contribution >= 4 is 33.7 Å². The van der Waals surface area contributed by atoms with Crippen molar-refractivity contribution in [1.82, 2.24) is 5.06 Å². The number of hydrogen-bond donors (Lipinski definition) is 0. The number of thioether (sulfide) groups is 1. The van der Waals surface area contributed by atoms with Gasteiger partial charge >= 0.3 is 10.1 Å². The number of unbranched alkanes of at least 4 members (excludes halogenated alkanes) is 9. The largest absolute Gasteiger partial charge is 0.324 e. The van der Waals surface area contributed by atoms with E-state index in [-0.39, 0.29) is 22.7 Å². The highest BCUT2D eigenvalue weighted by atomic mass is 32.2. The van der Waals surface area contributed by atoms with E-state index in [9.17, 15) is 35.6 Å². The van der Waals surface area contributed by atoms with Gasteiger partial charge in [-0.15, -0.1) is 21.1 Å². The number of benzene rings is 1. The molecule has 2 amide bonds. The topological polar surface area (TPSA) is 80.8 Å². The normalized spacial score (nSPS) is 23.9. The van der Waals surface area contributed by atoms with Crippen molar-refractivity contribution in [2.45, 2.75) is 87.3 Å². The van der Waals surface area contributed by atoms with Gasteiger partial charge in [-0.2, -0.15) is 8.42 Å².